The maximum Gasteiger partial charge on any atom is 0.244 e. The lowest BCUT2D eigenvalue weighted by Crippen LogP contribution is -2.39. The number of hydrogen-bond donors (Lipinski definition) is 1. The van der Waals surface area contributed by atoms with E-state index in [0.29, 0.717) is 29.0 Å². The molecule has 1 N–H and O–H groups in total. The fraction of sp³-hybridized carbons (Fsp3) is 0.474. The zero-order chi connectivity index (χ0) is 20.1. The van der Waals surface area contributed by atoms with E-state index in [4.69, 9.17) is 4.74 Å². The predicted octanol–water partition coefficient (Wildman–Crippen LogP) is 0.640. The number of methoxy groups -OCH3 is 1. The highest BCUT2D eigenvalue weighted by Crippen LogP contribution is 2.56. The van der Waals surface area contributed by atoms with Crippen LogP contribution in [-0.4, -0.2) is 56.5 Å². The second-order valence-corrected chi connectivity index (χ2v) is 7.84. The number of hydrogen-bond acceptors (Lipinski definition) is 7. The summed E-state index contributed by atoms with van der Waals surface area (Å²) in [5.41, 5.74) is 1.04. The molecular weight excluding hydrogens is 376 g/mol. The summed E-state index contributed by atoms with van der Waals surface area (Å²) in [5.74, 6) is -0.110. The summed E-state index contributed by atoms with van der Waals surface area (Å²) in [6.07, 6.45) is 4.41. The summed E-state index contributed by atoms with van der Waals surface area (Å²) in [4.78, 5) is 39.2. The molecule has 2 aliphatic carbocycles. The van der Waals surface area contributed by atoms with Crippen LogP contribution >= 0.6 is 0 Å². The second-order valence-electron chi connectivity index (χ2n) is 7.84. The van der Waals surface area contributed by atoms with Crippen LogP contribution in [0.3, 0.4) is 0 Å². The van der Waals surface area contributed by atoms with E-state index in [9.17, 15) is 14.4 Å². The predicted molar refractivity (Wildman–Crippen MR) is 98.9 cm³/mol. The lowest BCUT2D eigenvalue weighted by molar-refractivity contribution is -0.143. The molecule has 0 spiro atoms. The number of amides is 3. The molecule has 3 fully saturated rings. The molecule has 1 aromatic heterocycles. The summed E-state index contributed by atoms with van der Waals surface area (Å²) in [7, 11) is 1.52. The molecular formula is C19H20N6O4. The van der Waals surface area contributed by atoms with Gasteiger partial charge in [0, 0.05) is 5.69 Å². The maximum atomic E-state index is 12.8. The van der Waals surface area contributed by atoms with Gasteiger partial charge in [0.05, 0.1) is 18.9 Å². The monoisotopic (exact) mass is 396 g/mol. The molecule has 10 nitrogen and oxygen atoms in total. The first-order chi connectivity index (χ1) is 14.1. The van der Waals surface area contributed by atoms with Gasteiger partial charge in [-0.2, -0.15) is 4.68 Å². The number of benzene rings is 1. The van der Waals surface area contributed by atoms with Gasteiger partial charge in [-0.05, 0) is 59.7 Å². The van der Waals surface area contributed by atoms with E-state index in [1.165, 1.54) is 18.1 Å². The van der Waals surface area contributed by atoms with Gasteiger partial charge in [0.1, 0.15) is 24.3 Å². The average Bonchev–Trinajstić information content (AvgIpc) is 3.50. The summed E-state index contributed by atoms with van der Waals surface area (Å²) in [5, 5.41) is 13.8. The van der Waals surface area contributed by atoms with Gasteiger partial charge in [0.2, 0.25) is 17.7 Å². The van der Waals surface area contributed by atoms with Crippen LogP contribution in [0.5, 0.6) is 5.75 Å². The highest BCUT2D eigenvalue weighted by Gasteiger charge is 2.60. The van der Waals surface area contributed by atoms with Crippen LogP contribution in [0.4, 0.5) is 5.69 Å². The highest BCUT2D eigenvalue weighted by atomic mass is 16.5. The Bertz CT molecular complexity index is 963. The molecule has 29 heavy (non-hydrogen) atoms. The van der Waals surface area contributed by atoms with E-state index < -0.39 is 5.91 Å². The first-order valence-corrected chi connectivity index (χ1v) is 9.63. The Hall–Kier alpha value is -3.30. The third kappa shape index (κ3) is 2.78. The van der Waals surface area contributed by atoms with E-state index in [-0.39, 0.29) is 30.2 Å². The molecule has 5 rings (SSSR count). The van der Waals surface area contributed by atoms with E-state index in [0.717, 1.165) is 24.2 Å². The van der Waals surface area contributed by atoms with Crippen LogP contribution in [0, 0.1) is 23.7 Å². The number of aromatic nitrogens is 4. The minimum absolute atomic E-state index is 0.188. The highest BCUT2D eigenvalue weighted by molar-refractivity contribution is 6.09. The minimum atomic E-state index is -0.424. The Morgan fingerprint density at radius 3 is 2.55 bits per heavy atom. The number of fused-ring (bicyclic) bond motifs is 5. The van der Waals surface area contributed by atoms with Gasteiger partial charge in [0.25, 0.3) is 0 Å². The molecule has 0 unspecified atom stereocenters. The molecule has 150 valence electrons. The first kappa shape index (κ1) is 17.8. The van der Waals surface area contributed by atoms with Crippen LogP contribution in [0.25, 0.3) is 5.69 Å². The first-order valence-electron chi connectivity index (χ1n) is 9.63. The number of likely N-dealkylation sites (tertiary alicyclic amines) is 1. The van der Waals surface area contributed by atoms with Crippen molar-refractivity contribution < 1.29 is 19.1 Å². The molecule has 1 saturated heterocycles. The number of tetrazole rings is 1. The van der Waals surface area contributed by atoms with Gasteiger partial charge in [0.15, 0.2) is 0 Å². The van der Waals surface area contributed by atoms with Crippen molar-refractivity contribution in [3.63, 3.8) is 0 Å². The number of nitrogens with one attached hydrogen (secondary N) is 1. The molecule has 2 aromatic rings. The molecule has 0 radical (unpaired) electrons. The quantitative estimate of drug-likeness (QED) is 0.737. The number of nitrogens with zero attached hydrogens (tertiary/aromatic N) is 5. The number of anilines is 1. The van der Waals surface area contributed by atoms with Crippen molar-refractivity contribution in [2.45, 2.75) is 19.3 Å². The molecule has 3 amide bonds. The van der Waals surface area contributed by atoms with Crippen LogP contribution in [0.1, 0.15) is 19.3 Å². The molecule has 4 atom stereocenters. The lowest BCUT2D eigenvalue weighted by Gasteiger charge is -2.19. The van der Waals surface area contributed by atoms with Crippen LogP contribution in [0.2, 0.25) is 0 Å². The summed E-state index contributed by atoms with van der Waals surface area (Å²) < 4.78 is 6.72. The number of rotatable bonds is 5. The van der Waals surface area contributed by atoms with Crippen molar-refractivity contribution in [1.29, 1.82) is 0 Å². The van der Waals surface area contributed by atoms with Gasteiger partial charge in [-0.1, -0.05) is 0 Å². The number of carbonyl (C=O) groups excluding carboxylic acids is 3. The van der Waals surface area contributed by atoms with Crippen LogP contribution in [-0.2, 0) is 14.4 Å². The normalized spacial score (nSPS) is 27.4. The van der Waals surface area contributed by atoms with Crippen molar-refractivity contribution in [2.24, 2.45) is 23.7 Å². The average molecular weight is 396 g/mol. The van der Waals surface area contributed by atoms with Crippen molar-refractivity contribution in [1.82, 2.24) is 25.1 Å². The van der Waals surface area contributed by atoms with E-state index in [2.05, 4.69) is 20.8 Å². The van der Waals surface area contributed by atoms with Crippen LogP contribution < -0.4 is 10.1 Å². The molecule has 3 aliphatic rings. The molecule has 2 saturated carbocycles. The van der Waals surface area contributed by atoms with Crippen molar-refractivity contribution in [3.05, 3.63) is 24.5 Å². The standard InChI is InChI=1S/C19H20N6O4/c1-29-14-5-4-12(7-13(14)25-9-20-22-23-25)21-15(26)8-24-18(27)16-10-2-3-11(6-10)17(16)19(24)28/h4-5,7,9-11,16-17H,2-3,6,8H2,1H3,(H,21,26)/t10-,11+,16-,17-/m0/s1. The number of imide groups is 1. The molecule has 10 heteroatoms. The fourth-order valence-electron chi connectivity index (χ4n) is 5.19. The topological polar surface area (TPSA) is 119 Å². The van der Waals surface area contributed by atoms with Gasteiger partial charge >= 0.3 is 0 Å². The Morgan fingerprint density at radius 1 is 1.21 bits per heavy atom. The molecule has 2 bridgehead atoms. The summed E-state index contributed by atoms with van der Waals surface area (Å²) in [6, 6.07) is 5.02. The smallest absolute Gasteiger partial charge is 0.244 e. The van der Waals surface area contributed by atoms with Crippen LogP contribution in [0.15, 0.2) is 24.5 Å². The second kappa shape index (κ2) is 6.64. The summed E-state index contributed by atoms with van der Waals surface area (Å²) in [6.45, 7) is -0.268. The van der Waals surface area contributed by atoms with E-state index in [1.54, 1.807) is 18.2 Å². The molecule has 1 aromatic carbocycles. The minimum Gasteiger partial charge on any atom is -0.494 e. The van der Waals surface area contributed by atoms with Crippen molar-refractivity contribution in [3.8, 4) is 11.4 Å². The van der Waals surface area contributed by atoms with Gasteiger partial charge in [-0.15, -0.1) is 5.10 Å². The molecule has 2 heterocycles. The van der Waals surface area contributed by atoms with Gasteiger partial charge in [-0.25, -0.2) is 0 Å². The lowest BCUT2D eigenvalue weighted by atomic mass is 9.81. The zero-order valence-corrected chi connectivity index (χ0v) is 15.8. The number of ether oxygens (including phenoxy) is 1. The zero-order valence-electron chi connectivity index (χ0n) is 15.8. The van der Waals surface area contributed by atoms with Crippen molar-refractivity contribution >= 4 is 23.4 Å². The Morgan fingerprint density at radius 2 is 1.93 bits per heavy atom. The van der Waals surface area contributed by atoms with E-state index in [1.807, 2.05) is 0 Å². The van der Waals surface area contributed by atoms with E-state index >= 15 is 0 Å². The molecule has 1 aliphatic heterocycles. The van der Waals surface area contributed by atoms with Gasteiger partial charge < -0.3 is 10.1 Å². The Kier molecular flexibility index (Phi) is 4.07. The SMILES string of the molecule is COc1ccc(NC(=O)CN2C(=O)[C@H]3[C@@H]4CC[C@@H](C4)[C@@H]3C2=O)cc1-n1cnnn1. The largest absolute Gasteiger partial charge is 0.494 e. The Balaban J connectivity index is 1.31. The fourth-order valence-corrected chi connectivity index (χ4v) is 5.19. The van der Waals surface area contributed by atoms with Gasteiger partial charge in [-0.3, -0.25) is 19.3 Å². The maximum absolute atomic E-state index is 12.8. The van der Waals surface area contributed by atoms with Crippen molar-refractivity contribution in [2.75, 3.05) is 19.0 Å². The summed E-state index contributed by atoms with van der Waals surface area (Å²) >= 11 is 0. The number of carbonyl (C=O) groups is 3. The third-order valence-electron chi connectivity index (χ3n) is 6.38. The Labute approximate surface area is 166 Å². The third-order valence-corrected chi connectivity index (χ3v) is 6.38.